The molecule has 1 aliphatic heterocycles. The van der Waals surface area contributed by atoms with E-state index in [1.807, 2.05) is 36.4 Å². The molecule has 0 unspecified atom stereocenters. The molecule has 0 saturated carbocycles. The van der Waals surface area contributed by atoms with Gasteiger partial charge >= 0.3 is 5.97 Å². The number of rotatable bonds is 8. The van der Waals surface area contributed by atoms with Crippen LogP contribution in [0.3, 0.4) is 0 Å². The Morgan fingerprint density at radius 3 is 2.51 bits per heavy atom. The molecule has 3 aromatic rings. The number of esters is 1. The number of hydrogen-bond donors (Lipinski definition) is 1. The highest BCUT2D eigenvalue weighted by atomic mass is 35.5. The van der Waals surface area contributed by atoms with Gasteiger partial charge in [-0.2, -0.15) is 0 Å². The first kappa shape index (κ1) is 26.0. The summed E-state index contributed by atoms with van der Waals surface area (Å²) in [5.74, 6) is -1.31. The van der Waals surface area contributed by atoms with Crippen molar-refractivity contribution in [1.29, 1.82) is 0 Å². The number of nitrogens with zero attached hydrogens (tertiary/aromatic N) is 1. The van der Waals surface area contributed by atoms with Crippen molar-refractivity contribution in [2.24, 2.45) is 0 Å². The standard InChI is InChI=1S/C27H21ClN2O6S/c1-35-26(33)20-14-19(11-12-21(20)28)29-24(31)15-30-25(32)23(37-27(30)34)13-18-9-5-6-10-22(18)36-16-17-7-3-2-4-8-17/h2-14H,15-16H2,1H3,(H,29,31)/b23-13+. The molecule has 0 aromatic heterocycles. The van der Waals surface area contributed by atoms with Crippen molar-refractivity contribution in [2.45, 2.75) is 6.61 Å². The summed E-state index contributed by atoms with van der Waals surface area (Å²) in [7, 11) is 1.21. The Kier molecular flexibility index (Phi) is 8.27. The zero-order chi connectivity index (χ0) is 26.4. The third kappa shape index (κ3) is 6.38. The number of ether oxygens (including phenoxy) is 2. The minimum Gasteiger partial charge on any atom is -0.488 e. The Hall–Kier alpha value is -4.08. The van der Waals surface area contributed by atoms with E-state index in [0.29, 0.717) is 17.9 Å². The number of amides is 3. The van der Waals surface area contributed by atoms with Crippen LogP contribution in [-0.2, 0) is 20.9 Å². The summed E-state index contributed by atoms with van der Waals surface area (Å²) in [6.45, 7) is -0.153. The van der Waals surface area contributed by atoms with E-state index < -0.39 is 29.6 Å². The fraction of sp³-hybridized carbons (Fsp3) is 0.111. The average molecular weight is 537 g/mol. The molecule has 8 nitrogen and oxygen atoms in total. The summed E-state index contributed by atoms with van der Waals surface area (Å²) < 4.78 is 10.6. The highest BCUT2D eigenvalue weighted by Crippen LogP contribution is 2.34. The number of methoxy groups -OCH3 is 1. The van der Waals surface area contributed by atoms with Crippen LogP contribution in [0.5, 0.6) is 5.75 Å². The van der Waals surface area contributed by atoms with Crippen LogP contribution in [0.15, 0.2) is 77.7 Å². The monoisotopic (exact) mass is 536 g/mol. The second-order valence-corrected chi connectivity index (χ2v) is 9.21. The molecule has 10 heteroatoms. The molecule has 1 aliphatic rings. The molecule has 1 heterocycles. The number of halogens is 1. The van der Waals surface area contributed by atoms with Crippen LogP contribution < -0.4 is 10.1 Å². The quantitative estimate of drug-likeness (QED) is 0.304. The van der Waals surface area contributed by atoms with Crippen molar-refractivity contribution >= 4 is 58.1 Å². The number of benzene rings is 3. The number of carbonyl (C=O) groups is 4. The molecule has 1 saturated heterocycles. The topological polar surface area (TPSA) is 102 Å². The Morgan fingerprint density at radius 2 is 1.76 bits per heavy atom. The number of imide groups is 1. The zero-order valence-corrected chi connectivity index (χ0v) is 21.2. The fourth-order valence-electron chi connectivity index (χ4n) is 3.46. The molecule has 188 valence electrons. The van der Waals surface area contributed by atoms with Crippen LogP contribution >= 0.6 is 23.4 Å². The molecule has 37 heavy (non-hydrogen) atoms. The lowest BCUT2D eigenvalue weighted by Crippen LogP contribution is -2.36. The first-order valence-electron chi connectivity index (χ1n) is 11.0. The van der Waals surface area contributed by atoms with Crippen molar-refractivity contribution in [2.75, 3.05) is 19.0 Å². The maximum Gasteiger partial charge on any atom is 0.339 e. The van der Waals surface area contributed by atoms with Crippen LogP contribution in [0, 0.1) is 0 Å². The van der Waals surface area contributed by atoms with Crippen LogP contribution in [0.2, 0.25) is 5.02 Å². The van der Waals surface area contributed by atoms with Crippen molar-refractivity contribution in [3.05, 3.63) is 99.4 Å². The van der Waals surface area contributed by atoms with Gasteiger partial charge in [0, 0.05) is 11.3 Å². The smallest absolute Gasteiger partial charge is 0.339 e. The van der Waals surface area contributed by atoms with Gasteiger partial charge in [-0.15, -0.1) is 0 Å². The summed E-state index contributed by atoms with van der Waals surface area (Å²) in [5, 5.41) is 2.15. The van der Waals surface area contributed by atoms with E-state index in [-0.39, 0.29) is 21.2 Å². The molecular weight excluding hydrogens is 516 g/mol. The first-order valence-corrected chi connectivity index (χ1v) is 12.2. The van der Waals surface area contributed by atoms with Gasteiger partial charge in [0.25, 0.3) is 11.1 Å². The van der Waals surface area contributed by atoms with Gasteiger partial charge in [-0.3, -0.25) is 19.3 Å². The highest BCUT2D eigenvalue weighted by molar-refractivity contribution is 8.18. The van der Waals surface area contributed by atoms with Crippen molar-refractivity contribution in [3.8, 4) is 5.75 Å². The highest BCUT2D eigenvalue weighted by Gasteiger charge is 2.36. The fourth-order valence-corrected chi connectivity index (χ4v) is 4.48. The van der Waals surface area contributed by atoms with Gasteiger partial charge in [-0.05, 0) is 47.7 Å². The minimum atomic E-state index is -0.662. The minimum absolute atomic E-state index is 0.0733. The van der Waals surface area contributed by atoms with Crippen LogP contribution in [0.25, 0.3) is 6.08 Å². The molecule has 1 fully saturated rings. The van der Waals surface area contributed by atoms with Gasteiger partial charge in [0.05, 0.1) is 22.6 Å². The van der Waals surface area contributed by atoms with Gasteiger partial charge in [0.15, 0.2) is 0 Å². The predicted molar refractivity (Wildman–Crippen MR) is 141 cm³/mol. The molecular formula is C27H21ClN2O6S. The maximum atomic E-state index is 12.9. The molecule has 3 aromatic carbocycles. The Morgan fingerprint density at radius 1 is 1.03 bits per heavy atom. The lowest BCUT2D eigenvalue weighted by atomic mass is 10.1. The number of hydrogen-bond acceptors (Lipinski definition) is 7. The van der Waals surface area contributed by atoms with Gasteiger partial charge < -0.3 is 14.8 Å². The normalized spacial score (nSPS) is 14.1. The van der Waals surface area contributed by atoms with E-state index in [4.69, 9.17) is 16.3 Å². The van der Waals surface area contributed by atoms with E-state index >= 15 is 0 Å². The second-order valence-electron chi connectivity index (χ2n) is 7.81. The predicted octanol–water partition coefficient (Wildman–Crippen LogP) is 5.38. The SMILES string of the molecule is COC(=O)c1cc(NC(=O)CN2C(=O)S/C(=C/c3ccccc3OCc3ccccc3)C2=O)ccc1Cl. The molecule has 0 atom stereocenters. The first-order chi connectivity index (χ1) is 17.9. The van der Waals surface area contributed by atoms with Crippen molar-refractivity contribution in [1.82, 2.24) is 4.90 Å². The summed E-state index contributed by atoms with van der Waals surface area (Å²) in [6.07, 6.45) is 1.57. The lowest BCUT2D eigenvalue weighted by Gasteiger charge is -2.13. The molecule has 0 bridgehead atoms. The zero-order valence-electron chi connectivity index (χ0n) is 19.6. The summed E-state index contributed by atoms with van der Waals surface area (Å²) in [5.41, 5.74) is 1.96. The van der Waals surface area contributed by atoms with Crippen LogP contribution in [0.4, 0.5) is 10.5 Å². The van der Waals surface area contributed by atoms with Gasteiger partial charge in [-0.1, -0.05) is 60.1 Å². The molecule has 0 radical (unpaired) electrons. The Balaban J connectivity index is 1.44. The van der Waals surface area contributed by atoms with Crippen molar-refractivity contribution < 1.29 is 28.7 Å². The average Bonchev–Trinajstić information content (AvgIpc) is 3.16. The summed E-state index contributed by atoms with van der Waals surface area (Å²) >= 11 is 6.74. The van der Waals surface area contributed by atoms with Crippen molar-refractivity contribution in [3.63, 3.8) is 0 Å². The summed E-state index contributed by atoms with van der Waals surface area (Å²) in [6, 6.07) is 21.1. The van der Waals surface area contributed by atoms with Gasteiger partial charge in [0.1, 0.15) is 18.9 Å². The third-order valence-electron chi connectivity index (χ3n) is 5.27. The largest absolute Gasteiger partial charge is 0.488 e. The van der Waals surface area contributed by atoms with Gasteiger partial charge in [-0.25, -0.2) is 4.79 Å². The number of anilines is 1. The molecule has 0 spiro atoms. The second kappa shape index (κ2) is 11.8. The maximum absolute atomic E-state index is 12.9. The van der Waals surface area contributed by atoms with Gasteiger partial charge in [0.2, 0.25) is 5.91 Å². The van der Waals surface area contributed by atoms with Crippen LogP contribution in [0.1, 0.15) is 21.5 Å². The van der Waals surface area contributed by atoms with E-state index in [9.17, 15) is 19.2 Å². The molecule has 0 aliphatic carbocycles. The Bertz CT molecular complexity index is 1390. The lowest BCUT2D eigenvalue weighted by molar-refractivity contribution is -0.127. The third-order valence-corrected chi connectivity index (χ3v) is 6.51. The van der Waals surface area contributed by atoms with E-state index in [1.165, 1.54) is 25.3 Å². The Labute approximate surface area is 222 Å². The van der Waals surface area contributed by atoms with E-state index in [2.05, 4.69) is 10.1 Å². The molecule has 3 amide bonds. The number of nitrogens with one attached hydrogen (secondary N) is 1. The number of para-hydroxylation sites is 1. The molecule has 4 rings (SSSR count). The van der Waals surface area contributed by atoms with Crippen LogP contribution in [-0.4, -0.2) is 41.6 Å². The number of thioether (sulfide) groups is 1. The number of carbonyl (C=O) groups excluding carboxylic acids is 4. The molecule has 1 N–H and O–H groups in total. The summed E-state index contributed by atoms with van der Waals surface area (Å²) in [4.78, 5) is 50.9. The van der Waals surface area contributed by atoms with E-state index in [1.54, 1.807) is 24.3 Å². The van der Waals surface area contributed by atoms with E-state index in [0.717, 1.165) is 22.2 Å².